The smallest absolute Gasteiger partial charge is 0.271 e. The topological polar surface area (TPSA) is 76.1 Å². The largest absolute Gasteiger partial charge is 0.383 e. The minimum Gasteiger partial charge on any atom is -0.383 e. The van der Waals surface area contributed by atoms with Crippen LogP contribution in [-0.2, 0) is 4.74 Å². The van der Waals surface area contributed by atoms with E-state index in [0.717, 1.165) is 11.3 Å². The van der Waals surface area contributed by atoms with Crippen LogP contribution in [0.25, 0.3) is 0 Å². The molecule has 6 heteroatoms. The number of hydrogen-bond donors (Lipinski definition) is 2. The van der Waals surface area contributed by atoms with E-state index in [4.69, 9.17) is 4.74 Å². The van der Waals surface area contributed by atoms with Crippen LogP contribution in [0.2, 0.25) is 0 Å². The Bertz CT molecular complexity index is 599. The van der Waals surface area contributed by atoms with Crippen LogP contribution in [0.1, 0.15) is 16.1 Å². The lowest BCUT2D eigenvalue weighted by molar-refractivity contribution is 0.0931. The second-order valence-electron chi connectivity index (χ2n) is 4.49. The van der Waals surface area contributed by atoms with E-state index in [1.165, 1.54) is 0 Å². The fourth-order valence-electron chi connectivity index (χ4n) is 1.73. The second-order valence-corrected chi connectivity index (χ2v) is 4.49. The summed E-state index contributed by atoms with van der Waals surface area (Å²) in [4.78, 5) is 11.8. The monoisotopic (exact) mass is 286 g/mol. The molecule has 0 radical (unpaired) electrons. The van der Waals surface area contributed by atoms with Crippen molar-refractivity contribution < 1.29 is 9.53 Å². The fourth-order valence-corrected chi connectivity index (χ4v) is 1.73. The molecule has 110 valence electrons. The van der Waals surface area contributed by atoms with Crippen molar-refractivity contribution in [3.63, 3.8) is 0 Å². The summed E-state index contributed by atoms with van der Waals surface area (Å²) in [5.74, 6) is 0.333. The molecule has 0 fully saturated rings. The lowest BCUT2D eigenvalue weighted by Crippen LogP contribution is -2.27. The molecule has 0 aliphatic rings. The SMILES string of the molecule is COCCNC(=O)c1ccc(Nc2ccccc2C)nn1. The summed E-state index contributed by atoms with van der Waals surface area (Å²) in [5, 5.41) is 13.8. The van der Waals surface area contributed by atoms with Crippen molar-refractivity contribution in [3.05, 3.63) is 47.7 Å². The number of aromatic nitrogens is 2. The van der Waals surface area contributed by atoms with Crippen LogP contribution < -0.4 is 10.6 Å². The first-order valence-electron chi connectivity index (χ1n) is 6.64. The third kappa shape index (κ3) is 4.25. The van der Waals surface area contributed by atoms with Gasteiger partial charge in [0.05, 0.1) is 6.61 Å². The summed E-state index contributed by atoms with van der Waals surface area (Å²) in [6.07, 6.45) is 0. The van der Waals surface area contributed by atoms with Crippen LogP contribution in [0, 0.1) is 6.92 Å². The zero-order valence-electron chi connectivity index (χ0n) is 12.1. The number of rotatable bonds is 6. The zero-order chi connectivity index (χ0) is 15.1. The van der Waals surface area contributed by atoms with Gasteiger partial charge in [-0.15, -0.1) is 10.2 Å². The van der Waals surface area contributed by atoms with Crippen molar-refractivity contribution in [2.24, 2.45) is 0 Å². The molecule has 6 nitrogen and oxygen atoms in total. The van der Waals surface area contributed by atoms with Crippen molar-refractivity contribution in [3.8, 4) is 0 Å². The molecular formula is C15H18N4O2. The molecule has 0 aliphatic heterocycles. The van der Waals surface area contributed by atoms with E-state index >= 15 is 0 Å². The number of carbonyl (C=O) groups is 1. The Balaban J connectivity index is 1.99. The van der Waals surface area contributed by atoms with Crippen molar-refractivity contribution >= 4 is 17.4 Å². The molecular weight excluding hydrogens is 268 g/mol. The summed E-state index contributed by atoms with van der Waals surface area (Å²) < 4.78 is 4.86. The number of amides is 1. The van der Waals surface area contributed by atoms with E-state index in [0.29, 0.717) is 19.0 Å². The van der Waals surface area contributed by atoms with E-state index in [1.54, 1.807) is 19.2 Å². The van der Waals surface area contributed by atoms with Crippen LogP contribution in [-0.4, -0.2) is 36.4 Å². The maximum Gasteiger partial charge on any atom is 0.271 e. The van der Waals surface area contributed by atoms with Gasteiger partial charge in [0.1, 0.15) is 0 Å². The normalized spacial score (nSPS) is 10.2. The molecule has 21 heavy (non-hydrogen) atoms. The molecule has 1 aromatic carbocycles. The number of aryl methyl sites for hydroxylation is 1. The number of nitrogens with one attached hydrogen (secondary N) is 2. The number of methoxy groups -OCH3 is 1. The van der Waals surface area contributed by atoms with E-state index in [9.17, 15) is 4.79 Å². The van der Waals surface area contributed by atoms with Crippen LogP contribution in [0.15, 0.2) is 36.4 Å². The van der Waals surface area contributed by atoms with Crippen molar-refractivity contribution in [1.82, 2.24) is 15.5 Å². The highest BCUT2D eigenvalue weighted by molar-refractivity contribution is 5.92. The lowest BCUT2D eigenvalue weighted by atomic mass is 10.2. The Morgan fingerprint density at radius 2 is 2.00 bits per heavy atom. The molecule has 0 unspecified atom stereocenters. The summed E-state index contributed by atoms with van der Waals surface area (Å²) in [6.45, 7) is 2.92. The Labute approximate surface area is 123 Å². The molecule has 0 saturated carbocycles. The maximum atomic E-state index is 11.8. The van der Waals surface area contributed by atoms with Gasteiger partial charge in [0.25, 0.3) is 5.91 Å². The number of anilines is 2. The van der Waals surface area contributed by atoms with Crippen molar-refractivity contribution in [1.29, 1.82) is 0 Å². The molecule has 0 atom stereocenters. The predicted molar refractivity (Wildman–Crippen MR) is 80.7 cm³/mol. The molecule has 2 N–H and O–H groups in total. The second kappa shape index (κ2) is 7.35. The van der Waals surface area contributed by atoms with Gasteiger partial charge in [-0.1, -0.05) is 18.2 Å². The summed E-state index contributed by atoms with van der Waals surface area (Å²) in [5.41, 5.74) is 2.35. The third-order valence-electron chi connectivity index (χ3n) is 2.90. The van der Waals surface area contributed by atoms with E-state index in [2.05, 4.69) is 20.8 Å². The van der Waals surface area contributed by atoms with Gasteiger partial charge in [-0.05, 0) is 30.7 Å². The highest BCUT2D eigenvalue weighted by Crippen LogP contribution is 2.17. The Morgan fingerprint density at radius 3 is 2.67 bits per heavy atom. The molecule has 1 amide bonds. The van der Waals surface area contributed by atoms with Gasteiger partial charge in [0.2, 0.25) is 0 Å². The average Bonchev–Trinajstić information content (AvgIpc) is 2.50. The Morgan fingerprint density at radius 1 is 1.19 bits per heavy atom. The predicted octanol–water partition coefficient (Wildman–Crippen LogP) is 1.90. The van der Waals surface area contributed by atoms with Gasteiger partial charge < -0.3 is 15.4 Å². The number of para-hydroxylation sites is 1. The quantitative estimate of drug-likeness (QED) is 0.793. The average molecular weight is 286 g/mol. The first-order valence-corrected chi connectivity index (χ1v) is 6.64. The molecule has 1 aromatic heterocycles. The first kappa shape index (κ1) is 14.9. The molecule has 0 bridgehead atoms. The number of hydrogen-bond acceptors (Lipinski definition) is 5. The van der Waals surface area contributed by atoms with Gasteiger partial charge >= 0.3 is 0 Å². The van der Waals surface area contributed by atoms with Gasteiger partial charge in [0.15, 0.2) is 11.5 Å². The van der Waals surface area contributed by atoms with Gasteiger partial charge in [-0.25, -0.2) is 0 Å². The Kier molecular flexibility index (Phi) is 5.22. The van der Waals surface area contributed by atoms with Crippen LogP contribution in [0.4, 0.5) is 11.5 Å². The fraction of sp³-hybridized carbons (Fsp3) is 0.267. The lowest BCUT2D eigenvalue weighted by Gasteiger charge is -2.08. The minimum atomic E-state index is -0.262. The van der Waals surface area contributed by atoms with Crippen LogP contribution in [0.5, 0.6) is 0 Å². The molecule has 0 spiro atoms. The first-order chi connectivity index (χ1) is 10.2. The van der Waals surface area contributed by atoms with Gasteiger partial charge in [0, 0.05) is 19.3 Å². The van der Waals surface area contributed by atoms with E-state index in [-0.39, 0.29) is 11.6 Å². The van der Waals surface area contributed by atoms with Crippen LogP contribution >= 0.6 is 0 Å². The third-order valence-corrected chi connectivity index (χ3v) is 2.90. The summed E-state index contributed by atoms with van der Waals surface area (Å²) >= 11 is 0. The van der Waals surface area contributed by atoms with E-state index < -0.39 is 0 Å². The molecule has 1 heterocycles. The number of nitrogens with zero attached hydrogens (tertiary/aromatic N) is 2. The summed E-state index contributed by atoms with van der Waals surface area (Å²) in [7, 11) is 1.58. The molecule has 2 aromatic rings. The van der Waals surface area contributed by atoms with Gasteiger partial charge in [-0.3, -0.25) is 4.79 Å². The minimum absolute atomic E-state index is 0.262. The highest BCUT2D eigenvalue weighted by atomic mass is 16.5. The maximum absolute atomic E-state index is 11.8. The van der Waals surface area contributed by atoms with Crippen LogP contribution in [0.3, 0.4) is 0 Å². The molecule has 2 rings (SSSR count). The number of ether oxygens (including phenoxy) is 1. The molecule has 0 saturated heterocycles. The standard InChI is InChI=1S/C15H18N4O2/c1-11-5-3-4-6-12(11)17-14-8-7-13(18-19-14)15(20)16-9-10-21-2/h3-8H,9-10H2,1-2H3,(H,16,20)(H,17,19). The number of carbonyl (C=O) groups excluding carboxylic acids is 1. The Hall–Kier alpha value is -2.47. The van der Waals surface area contributed by atoms with E-state index in [1.807, 2.05) is 31.2 Å². The molecule has 0 aliphatic carbocycles. The van der Waals surface area contributed by atoms with Gasteiger partial charge in [-0.2, -0.15) is 0 Å². The van der Waals surface area contributed by atoms with Crippen molar-refractivity contribution in [2.75, 3.05) is 25.6 Å². The van der Waals surface area contributed by atoms with Crippen molar-refractivity contribution in [2.45, 2.75) is 6.92 Å². The zero-order valence-corrected chi connectivity index (χ0v) is 12.1. The highest BCUT2D eigenvalue weighted by Gasteiger charge is 2.07. The summed E-state index contributed by atoms with van der Waals surface area (Å²) in [6, 6.07) is 11.2. The number of benzene rings is 1.